The lowest BCUT2D eigenvalue weighted by molar-refractivity contribution is -0.386. The van der Waals surface area contributed by atoms with Gasteiger partial charge in [-0.25, -0.2) is 15.0 Å². The van der Waals surface area contributed by atoms with Crippen molar-refractivity contribution in [3.63, 3.8) is 0 Å². The number of fused-ring (bicyclic) bond motifs is 12. The molecule has 0 spiro atoms. The Morgan fingerprint density at radius 2 is 1.81 bits per heavy atom. The van der Waals surface area contributed by atoms with E-state index in [9.17, 15) is 19.7 Å². The molecule has 12 nitrogen and oxygen atoms in total. The van der Waals surface area contributed by atoms with Crippen molar-refractivity contribution >= 4 is 72.3 Å². The number of para-hydroxylation sites is 2. The highest BCUT2D eigenvalue weighted by atomic mass is 16.6. The molecule has 5 aromatic heterocycles. The Morgan fingerprint density at radius 1 is 1.04 bits per heavy atom. The summed E-state index contributed by atoms with van der Waals surface area (Å²) >= 11 is 0. The summed E-state index contributed by atoms with van der Waals surface area (Å²) in [5.41, 5.74) is 9.80. The standard InChI is InChI=1S/C40H37N7O5/c1-8-22-18(3)26-16-29-23(9-2)19(4)34(43-29)38(47(50)51)35-20(5)24(14-15-31(48)52-7)36(45-35)33-37-32(21(6)27(42-37)17-28(22)41-26)39-44-25-12-10-11-13-30(25)46(39)40(33)49/h9-13,16-17,20,24,41,45H,2,8,14-15H2,1,3-7H3/t20-,24-/m0/s1. The monoisotopic (exact) mass is 695 g/mol. The SMILES string of the molecule is C=CC1=C(C)c2nc1cc1[nH]c(cc3nc4c(c5[nH]c(c2[N+](=O)[O-])[C@@H](C)[C@@H]5CCC(=O)OC)c(=O)n2c5ccccc5nc2c4c3C)c(CC)c1C. The third-order valence-corrected chi connectivity index (χ3v) is 11.0. The number of nitro groups is 1. The van der Waals surface area contributed by atoms with E-state index in [0.717, 1.165) is 34.1 Å². The predicted octanol–water partition coefficient (Wildman–Crippen LogP) is 8.11. The van der Waals surface area contributed by atoms with Crippen LogP contribution in [0.4, 0.5) is 5.69 Å². The third kappa shape index (κ3) is 4.63. The maximum atomic E-state index is 15.0. The summed E-state index contributed by atoms with van der Waals surface area (Å²) in [4.78, 5) is 62.3. The molecule has 0 amide bonds. The number of ether oxygens (including phenoxy) is 1. The summed E-state index contributed by atoms with van der Waals surface area (Å²) in [6.45, 7) is 13.8. The van der Waals surface area contributed by atoms with E-state index < -0.39 is 22.7 Å². The number of esters is 1. The lowest BCUT2D eigenvalue weighted by atomic mass is 9.85. The molecule has 0 fully saturated rings. The third-order valence-electron chi connectivity index (χ3n) is 11.0. The van der Waals surface area contributed by atoms with Gasteiger partial charge in [0, 0.05) is 45.9 Å². The summed E-state index contributed by atoms with van der Waals surface area (Å²) in [5, 5.41) is 14.2. The highest BCUT2D eigenvalue weighted by Gasteiger charge is 2.38. The van der Waals surface area contributed by atoms with E-state index in [0.29, 0.717) is 61.3 Å². The Morgan fingerprint density at radius 3 is 2.52 bits per heavy atom. The Hall–Kier alpha value is -6.17. The van der Waals surface area contributed by atoms with Crippen molar-refractivity contribution < 1.29 is 14.5 Å². The quantitative estimate of drug-likeness (QED) is 0.100. The van der Waals surface area contributed by atoms with Crippen LogP contribution in [0.15, 0.2) is 53.8 Å². The van der Waals surface area contributed by atoms with Gasteiger partial charge < -0.3 is 14.7 Å². The first-order valence-electron chi connectivity index (χ1n) is 17.4. The molecule has 2 atom stereocenters. The molecule has 8 bridgehead atoms. The minimum atomic E-state index is -0.516. The van der Waals surface area contributed by atoms with Crippen LogP contribution in [-0.4, -0.2) is 47.3 Å². The molecular weight excluding hydrogens is 658 g/mol. The topological polar surface area (TPSA) is 161 Å². The van der Waals surface area contributed by atoms with E-state index in [1.807, 2.05) is 57.2 Å². The molecule has 0 saturated heterocycles. The van der Waals surface area contributed by atoms with Crippen LogP contribution >= 0.6 is 0 Å². The Kier molecular flexibility index (Phi) is 7.60. The molecule has 2 N–H and O–H groups in total. The van der Waals surface area contributed by atoms with Crippen molar-refractivity contribution in [2.45, 2.75) is 65.7 Å². The zero-order valence-corrected chi connectivity index (χ0v) is 29.8. The van der Waals surface area contributed by atoms with E-state index in [1.165, 1.54) is 7.11 Å². The number of rotatable bonds is 6. The number of aryl methyl sites for hydroxylation is 3. The van der Waals surface area contributed by atoms with Gasteiger partial charge in [0.25, 0.3) is 5.56 Å². The second-order valence-corrected chi connectivity index (χ2v) is 13.6. The van der Waals surface area contributed by atoms with Gasteiger partial charge in [-0.2, -0.15) is 0 Å². The molecule has 2 aliphatic heterocycles. The molecule has 52 heavy (non-hydrogen) atoms. The van der Waals surface area contributed by atoms with E-state index >= 15 is 0 Å². The number of nitrogens with zero attached hydrogens (tertiary/aromatic N) is 5. The van der Waals surface area contributed by atoms with Gasteiger partial charge in [0.15, 0.2) is 5.65 Å². The van der Waals surface area contributed by atoms with E-state index in [4.69, 9.17) is 19.7 Å². The molecule has 7 heterocycles. The molecule has 0 aliphatic carbocycles. The first-order valence-corrected chi connectivity index (χ1v) is 17.4. The minimum Gasteiger partial charge on any atom is -0.469 e. The van der Waals surface area contributed by atoms with Crippen LogP contribution in [0.5, 0.6) is 0 Å². The fourth-order valence-electron chi connectivity index (χ4n) is 8.28. The van der Waals surface area contributed by atoms with Crippen LogP contribution < -0.4 is 5.56 Å². The first-order chi connectivity index (χ1) is 25.0. The number of H-pyrrole nitrogens is 2. The molecule has 0 saturated carbocycles. The normalized spacial score (nSPS) is 16.0. The van der Waals surface area contributed by atoms with Gasteiger partial charge in [0.05, 0.1) is 50.9 Å². The van der Waals surface area contributed by atoms with Crippen molar-refractivity contribution in [2.75, 3.05) is 7.11 Å². The van der Waals surface area contributed by atoms with Gasteiger partial charge in [-0.05, 0) is 80.1 Å². The predicted molar refractivity (Wildman–Crippen MR) is 203 cm³/mol. The van der Waals surface area contributed by atoms with Crippen LogP contribution in [0.2, 0.25) is 0 Å². The number of carbonyl (C=O) groups excluding carboxylic acids is 1. The van der Waals surface area contributed by atoms with E-state index in [1.54, 1.807) is 17.4 Å². The van der Waals surface area contributed by atoms with Crippen LogP contribution in [0.1, 0.15) is 84.9 Å². The van der Waals surface area contributed by atoms with Gasteiger partial charge in [-0.1, -0.05) is 38.6 Å². The number of imidazole rings is 1. The highest BCUT2D eigenvalue weighted by Crippen LogP contribution is 2.47. The lowest BCUT2D eigenvalue weighted by Gasteiger charge is -2.16. The maximum absolute atomic E-state index is 15.0. The molecular formula is C40H37N7O5. The van der Waals surface area contributed by atoms with Gasteiger partial charge in [-0.15, -0.1) is 0 Å². The number of methoxy groups -OCH3 is 1. The van der Waals surface area contributed by atoms with Gasteiger partial charge in [-0.3, -0.25) is 24.1 Å². The number of aromatic nitrogens is 6. The maximum Gasteiger partial charge on any atom is 0.314 e. The number of pyridine rings is 1. The van der Waals surface area contributed by atoms with Crippen LogP contribution in [0.25, 0.3) is 60.7 Å². The zero-order chi connectivity index (χ0) is 36.7. The van der Waals surface area contributed by atoms with Gasteiger partial charge in [0.2, 0.25) is 0 Å². The summed E-state index contributed by atoms with van der Waals surface area (Å²) < 4.78 is 6.61. The van der Waals surface area contributed by atoms with Crippen molar-refractivity contribution in [1.29, 1.82) is 0 Å². The first kappa shape index (κ1) is 33.0. The number of aromatic amines is 2. The van der Waals surface area contributed by atoms with E-state index in [-0.39, 0.29) is 35.2 Å². The fourth-order valence-corrected chi connectivity index (χ4v) is 8.28. The summed E-state index contributed by atoms with van der Waals surface area (Å²) in [7, 11) is 1.33. The molecule has 12 heteroatoms. The summed E-state index contributed by atoms with van der Waals surface area (Å²) in [6.07, 6.45) is 2.71. The van der Waals surface area contributed by atoms with E-state index in [2.05, 4.69) is 23.5 Å². The molecule has 262 valence electrons. The Bertz CT molecular complexity index is 2820. The Labute approximate surface area is 297 Å². The molecule has 0 radical (unpaired) electrons. The smallest absolute Gasteiger partial charge is 0.314 e. The largest absolute Gasteiger partial charge is 0.469 e. The van der Waals surface area contributed by atoms with Crippen LogP contribution in [-0.2, 0) is 16.0 Å². The Balaban J connectivity index is 1.68. The number of hydrogen-bond donors (Lipinski definition) is 2. The van der Waals surface area contributed by atoms with Crippen LogP contribution in [0, 0.1) is 24.0 Å². The van der Waals surface area contributed by atoms with Crippen molar-refractivity contribution in [3.8, 4) is 0 Å². The van der Waals surface area contributed by atoms with Crippen LogP contribution in [0.3, 0.4) is 0 Å². The number of allylic oxidation sites excluding steroid dienone is 3. The number of hydrogen-bond acceptors (Lipinski definition) is 8. The molecule has 8 rings (SSSR count). The average molecular weight is 696 g/mol. The zero-order valence-electron chi connectivity index (χ0n) is 29.8. The second-order valence-electron chi connectivity index (χ2n) is 13.6. The lowest BCUT2D eigenvalue weighted by Crippen LogP contribution is -2.16. The molecule has 1 aromatic carbocycles. The van der Waals surface area contributed by atoms with Crippen molar-refractivity contribution in [3.05, 3.63) is 109 Å². The van der Waals surface area contributed by atoms with Crippen molar-refractivity contribution in [2.24, 2.45) is 0 Å². The minimum absolute atomic E-state index is 0.0410. The number of nitrogens with one attached hydrogen (secondary N) is 2. The average Bonchev–Trinajstić information content (AvgIpc) is 3.89. The van der Waals surface area contributed by atoms with Gasteiger partial charge in [0.1, 0.15) is 5.69 Å². The molecule has 6 aromatic rings. The van der Waals surface area contributed by atoms with Crippen molar-refractivity contribution in [1.82, 2.24) is 29.3 Å². The number of carbonyl (C=O) groups is 1. The fraction of sp³-hybridized carbons (Fsp3) is 0.275. The number of benzene rings is 1. The second kappa shape index (κ2) is 12.0. The molecule has 0 unspecified atom stereocenters. The molecule has 2 aliphatic rings. The highest BCUT2D eigenvalue weighted by molar-refractivity contribution is 6.11. The van der Waals surface area contributed by atoms with Gasteiger partial charge >= 0.3 is 11.7 Å². The summed E-state index contributed by atoms with van der Waals surface area (Å²) in [6, 6.07) is 11.4. The summed E-state index contributed by atoms with van der Waals surface area (Å²) in [5.74, 6) is -1.44.